The molecule has 2 N–H and O–H groups in total. The first kappa shape index (κ1) is 14.2. The minimum Gasteiger partial charge on any atom is -0.327 e. The van der Waals surface area contributed by atoms with Crippen molar-refractivity contribution in [1.29, 1.82) is 0 Å². The minimum absolute atomic E-state index is 0.0396. The fraction of sp³-hybridized carbons (Fsp3) is 0.200. The number of benzene rings is 2. The molecule has 0 saturated heterocycles. The Morgan fingerprint density at radius 2 is 1.68 bits per heavy atom. The standard InChI is InChI=1S/C15H14BrF2N/c16-13-6-7-14(17)12(15(13)18)9-11(19)8-10-4-2-1-3-5-10/h1-7,11H,8-9,19H2. The van der Waals surface area contributed by atoms with Crippen molar-refractivity contribution in [2.45, 2.75) is 18.9 Å². The summed E-state index contributed by atoms with van der Waals surface area (Å²) < 4.78 is 27.7. The predicted octanol–water partition coefficient (Wildman–Crippen LogP) is 3.84. The van der Waals surface area contributed by atoms with Crippen LogP contribution in [0.4, 0.5) is 8.78 Å². The van der Waals surface area contributed by atoms with E-state index in [4.69, 9.17) is 5.73 Å². The molecule has 0 spiro atoms. The Labute approximate surface area is 119 Å². The van der Waals surface area contributed by atoms with Gasteiger partial charge in [0.15, 0.2) is 0 Å². The van der Waals surface area contributed by atoms with Gasteiger partial charge < -0.3 is 5.73 Å². The van der Waals surface area contributed by atoms with E-state index in [1.54, 1.807) is 0 Å². The van der Waals surface area contributed by atoms with Crippen LogP contribution < -0.4 is 5.73 Å². The molecule has 4 heteroatoms. The van der Waals surface area contributed by atoms with Crippen LogP contribution >= 0.6 is 15.9 Å². The fourth-order valence-corrected chi connectivity index (χ4v) is 2.38. The summed E-state index contributed by atoms with van der Waals surface area (Å²) in [5.41, 5.74) is 7.08. The zero-order chi connectivity index (χ0) is 13.8. The minimum atomic E-state index is -0.566. The third-order valence-corrected chi connectivity index (χ3v) is 3.56. The summed E-state index contributed by atoms with van der Waals surface area (Å²) in [4.78, 5) is 0. The van der Waals surface area contributed by atoms with Gasteiger partial charge in [-0.25, -0.2) is 8.78 Å². The van der Waals surface area contributed by atoms with Gasteiger partial charge in [0, 0.05) is 11.6 Å². The van der Waals surface area contributed by atoms with Crippen molar-refractivity contribution in [3.8, 4) is 0 Å². The third kappa shape index (κ3) is 3.61. The zero-order valence-corrected chi connectivity index (χ0v) is 11.8. The second-order valence-corrected chi connectivity index (χ2v) is 5.33. The molecule has 2 rings (SSSR count). The fourth-order valence-electron chi connectivity index (χ4n) is 2.01. The summed E-state index contributed by atoms with van der Waals surface area (Å²) >= 11 is 3.05. The van der Waals surface area contributed by atoms with Crippen LogP contribution in [0, 0.1) is 11.6 Å². The maximum Gasteiger partial charge on any atom is 0.143 e. The summed E-state index contributed by atoms with van der Waals surface area (Å²) in [6.45, 7) is 0. The van der Waals surface area contributed by atoms with Gasteiger partial charge in [-0.2, -0.15) is 0 Å². The molecule has 1 atom stereocenters. The van der Waals surface area contributed by atoms with E-state index in [0.29, 0.717) is 6.42 Å². The Kier molecular flexibility index (Phi) is 4.66. The van der Waals surface area contributed by atoms with Gasteiger partial charge in [-0.3, -0.25) is 0 Å². The molecule has 1 unspecified atom stereocenters. The van der Waals surface area contributed by atoms with Gasteiger partial charge in [-0.05, 0) is 46.5 Å². The van der Waals surface area contributed by atoms with Crippen LogP contribution in [0.2, 0.25) is 0 Å². The molecule has 1 nitrogen and oxygen atoms in total. The summed E-state index contributed by atoms with van der Waals surface area (Å²) in [6, 6.07) is 11.9. The van der Waals surface area contributed by atoms with E-state index in [-0.39, 0.29) is 22.5 Å². The highest BCUT2D eigenvalue weighted by Gasteiger charge is 2.15. The molecule has 0 radical (unpaired) electrons. The third-order valence-electron chi connectivity index (χ3n) is 2.95. The van der Waals surface area contributed by atoms with Gasteiger partial charge in [-0.1, -0.05) is 30.3 Å². The Bertz CT molecular complexity index is 558. The Balaban J connectivity index is 2.11. The van der Waals surface area contributed by atoms with E-state index in [2.05, 4.69) is 15.9 Å². The molecule has 0 aliphatic carbocycles. The largest absolute Gasteiger partial charge is 0.327 e. The molecule has 0 aliphatic rings. The SMILES string of the molecule is NC(Cc1ccccc1)Cc1c(F)ccc(Br)c1F. The van der Waals surface area contributed by atoms with Crippen molar-refractivity contribution in [3.63, 3.8) is 0 Å². The van der Waals surface area contributed by atoms with E-state index in [1.165, 1.54) is 12.1 Å². The van der Waals surface area contributed by atoms with Crippen LogP contribution in [-0.2, 0) is 12.8 Å². The van der Waals surface area contributed by atoms with E-state index < -0.39 is 11.6 Å². The van der Waals surface area contributed by atoms with Crippen molar-refractivity contribution in [2.75, 3.05) is 0 Å². The molecule has 0 amide bonds. The smallest absolute Gasteiger partial charge is 0.143 e. The van der Waals surface area contributed by atoms with Crippen molar-refractivity contribution in [1.82, 2.24) is 0 Å². The molecule has 2 aromatic carbocycles. The van der Waals surface area contributed by atoms with Crippen LogP contribution in [0.15, 0.2) is 46.9 Å². The van der Waals surface area contributed by atoms with Crippen LogP contribution in [0.3, 0.4) is 0 Å². The molecule has 2 aromatic rings. The van der Waals surface area contributed by atoms with Crippen LogP contribution in [-0.4, -0.2) is 6.04 Å². The van der Waals surface area contributed by atoms with Crippen LogP contribution in [0.5, 0.6) is 0 Å². The summed E-state index contributed by atoms with van der Waals surface area (Å²) in [7, 11) is 0. The first-order valence-corrected chi connectivity index (χ1v) is 6.79. The highest BCUT2D eigenvalue weighted by Crippen LogP contribution is 2.23. The molecule has 0 saturated carbocycles. The number of rotatable bonds is 4. The lowest BCUT2D eigenvalue weighted by atomic mass is 9.99. The second kappa shape index (κ2) is 6.26. The van der Waals surface area contributed by atoms with Gasteiger partial charge in [-0.15, -0.1) is 0 Å². The molecular formula is C15H14BrF2N. The molecule has 0 bridgehead atoms. The molecular weight excluding hydrogens is 312 g/mol. The van der Waals surface area contributed by atoms with E-state index >= 15 is 0 Å². The van der Waals surface area contributed by atoms with Crippen molar-refractivity contribution >= 4 is 15.9 Å². The lowest BCUT2D eigenvalue weighted by Gasteiger charge is -2.13. The van der Waals surface area contributed by atoms with E-state index in [1.807, 2.05) is 30.3 Å². The van der Waals surface area contributed by atoms with Gasteiger partial charge in [0.2, 0.25) is 0 Å². The highest BCUT2D eigenvalue weighted by molar-refractivity contribution is 9.10. The molecule has 0 aromatic heterocycles. The lowest BCUT2D eigenvalue weighted by molar-refractivity contribution is 0.530. The highest BCUT2D eigenvalue weighted by atomic mass is 79.9. The maximum atomic E-state index is 13.8. The molecule has 0 fully saturated rings. The molecule has 100 valence electrons. The predicted molar refractivity (Wildman–Crippen MR) is 75.9 cm³/mol. The van der Waals surface area contributed by atoms with Crippen LogP contribution in [0.25, 0.3) is 0 Å². The van der Waals surface area contributed by atoms with E-state index in [0.717, 1.165) is 5.56 Å². The zero-order valence-electron chi connectivity index (χ0n) is 10.2. The number of hydrogen-bond donors (Lipinski definition) is 1. The lowest BCUT2D eigenvalue weighted by Crippen LogP contribution is -2.26. The summed E-state index contributed by atoms with van der Waals surface area (Å²) in [5, 5.41) is 0. The van der Waals surface area contributed by atoms with Gasteiger partial charge >= 0.3 is 0 Å². The summed E-state index contributed by atoms with van der Waals surface area (Å²) in [6.07, 6.45) is 0.762. The molecule has 0 heterocycles. The quantitative estimate of drug-likeness (QED) is 0.849. The van der Waals surface area contributed by atoms with Gasteiger partial charge in [0.05, 0.1) is 4.47 Å². The van der Waals surface area contributed by atoms with Gasteiger partial charge in [0.1, 0.15) is 11.6 Å². The first-order valence-electron chi connectivity index (χ1n) is 6.00. The van der Waals surface area contributed by atoms with Crippen molar-refractivity contribution in [2.24, 2.45) is 5.73 Å². The maximum absolute atomic E-state index is 13.8. The Morgan fingerprint density at radius 3 is 2.37 bits per heavy atom. The number of hydrogen-bond acceptors (Lipinski definition) is 1. The second-order valence-electron chi connectivity index (χ2n) is 4.48. The van der Waals surface area contributed by atoms with E-state index in [9.17, 15) is 8.78 Å². The summed E-state index contributed by atoms with van der Waals surface area (Å²) in [5.74, 6) is -1.12. The average molecular weight is 326 g/mol. The Morgan fingerprint density at radius 1 is 1.00 bits per heavy atom. The topological polar surface area (TPSA) is 26.0 Å². The monoisotopic (exact) mass is 325 g/mol. The van der Waals surface area contributed by atoms with Crippen molar-refractivity contribution in [3.05, 3.63) is 69.7 Å². The number of nitrogens with two attached hydrogens (primary N) is 1. The normalized spacial score (nSPS) is 12.4. The first-order chi connectivity index (χ1) is 9.08. The van der Waals surface area contributed by atoms with Crippen LogP contribution in [0.1, 0.15) is 11.1 Å². The molecule has 0 aliphatic heterocycles. The van der Waals surface area contributed by atoms with Crippen molar-refractivity contribution < 1.29 is 8.78 Å². The number of halogens is 3. The Hall–Kier alpha value is -1.26. The van der Waals surface area contributed by atoms with Gasteiger partial charge in [0.25, 0.3) is 0 Å². The molecule has 19 heavy (non-hydrogen) atoms. The average Bonchev–Trinajstić information content (AvgIpc) is 2.40.